The summed E-state index contributed by atoms with van der Waals surface area (Å²) in [5.41, 5.74) is 4.08. The minimum atomic E-state index is -0.633. The molecule has 1 heterocycles. The smallest absolute Gasteiger partial charge is 0.251 e. The average molecular weight is 430 g/mol. The molecule has 1 saturated heterocycles. The molecule has 1 atom stereocenters. The number of nitrogens with one attached hydrogen (secondary N) is 2. The lowest BCUT2D eigenvalue weighted by Crippen LogP contribution is -2.28. The molecule has 3 aromatic rings. The van der Waals surface area contributed by atoms with E-state index in [1.165, 1.54) is 0 Å². The third-order valence-electron chi connectivity index (χ3n) is 5.55. The van der Waals surface area contributed by atoms with Crippen molar-refractivity contribution >= 4 is 28.9 Å². The molecule has 0 saturated carbocycles. The van der Waals surface area contributed by atoms with Crippen molar-refractivity contribution in [3.63, 3.8) is 0 Å². The molecular weight excluding hydrogens is 402 g/mol. The van der Waals surface area contributed by atoms with E-state index in [9.17, 15) is 9.59 Å². The summed E-state index contributed by atoms with van der Waals surface area (Å²) in [6, 6.07) is 22.2. The van der Waals surface area contributed by atoms with Crippen LogP contribution in [0.3, 0.4) is 0 Å². The van der Waals surface area contributed by atoms with E-state index in [0.29, 0.717) is 17.9 Å². The average Bonchev–Trinajstić information content (AvgIpc) is 3.24. The summed E-state index contributed by atoms with van der Waals surface area (Å²) in [5.74, 6) is 0.527. The minimum Gasteiger partial charge on any atom is -0.495 e. The van der Waals surface area contributed by atoms with Crippen molar-refractivity contribution in [3.8, 4) is 5.75 Å². The molecule has 0 bridgehead atoms. The van der Waals surface area contributed by atoms with Crippen molar-refractivity contribution in [2.75, 3.05) is 29.2 Å². The van der Waals surface area contributed by atoms with Crippen molar-refractivity contribution < 1.29 is 14.3 Å². The number of aryl methyl sites for hydroxylation is 1. The molecule has 2 N–H and O–H groups in total. The molecule has 2 amide bonds. The molecule has 0 aromatic heterocycles. The Morgan fingerprint density at radius 3 is 2.56 bits per heavy atom. The number of ether oxygens (including phenoxy) is 1. The molecule has 6 nitrogen and oxygen atoms in total. The van der Waals surface area contributed by atoms with E-state index < -0.39 is 6.04 Å². The van der Waals surface area contributed by atoms with Gasteiger partial charge < -0.3 is 20.3 Å². The van der Waals surface area contributed by atoms with E-state index in [1.807, 2.05) is 79.7 Å². The fourth-order valence-electron chi connectivity index (χ4n) is 3.92. The van der Waals surface area contributed by atoms with Gasteiger partial charge in [-0.3, -0.25) is 9.59 Å². The highest BCUT2D eigenvalue weighted by molar-refractivity contribution is 5.99. The van der Waals surface area contributed by atoms with Crippen molar-refractivity contribution in [3.05, 3.63) is 83.9 Å². The zero-order chi connectivity index (χ0) is 22.5. The fraction of sp³-hybridized carbons (Fsp3) is 0.231. The first-order valence-electron chi connectivity index (χ1n) is 10.7. The van der Waals surface area contributed by atoms with Crippen LogP contribution < -0.4 is 20.3 Å². The van der Waals surface area contributed by atoms with Crippen molar-refractivity contribution in [2.45, 2.75) is 25.8 Å². The van der Waals surface area contributed by atoms with Crippen LogP contribution in [0.1, 0.15) is 30.0 Å². The summed E-state index contributed by atoms with van der Waals surface area (Å²) in [7, 11) is 1.58. The third kappa shape index (κ3) is 4.75. The van der Waals surface area contributed by atoms with Crippen molar-refractivity contribution in [2.24, 2.45) is 0 Å². The van der Waals surface area contributed by atoms with E-state index in [-0.39, 0.29) is 11.8 Å². The number of hydrogen-bond donors (Lipinski definition) is 2. The van der Waals surface area contributed by atoms with Crippen LogP contribution in [-0.2, 0) is 9.59 Å². The molecule has 4 rings (SSSR count). The first-order valence-corrected chi connectivity index (χ1v) is 10.7. The van der Waals surface area contributed by atoms with Crippen LogP contribution in [0.25, 0.3) is 0 Å². The van der Waals surface area contributed by atoms with Crippen LogP contribution in [0, 0.1) is 6.92 Å². The predicted molar refractivity (Wildman–Crippen MR) is 127 cm³/mol. The van der Waals surface area contributed by atoms with Crippen LogP contribution in [-0.4, -0.2) is 25.5 Å². The Balaban J connectivity index is 1.62. The number of nitrogens with zero attached hydrogens (tertiary/aromatic N) is 1. The molecule has 1 unspecified atom stereocenters. The van der Waals surface area contributed by atoms with E-state index in [2.05, 4.69) is 10.6 Å². The first kappa shape index (κ1) is 21.4. The predicted octanol–water partition coefficient (Wildman–Crippen LogP) is 4.92. The van der Waals surface area contributed by atoms with E-state index in [1.54, 1.807) is 12.0 Å². The molecule has 1 fully saturated rings. The van der Waals surface area contributed by atoms with Crippen LogP contribution in [0.4, 0.5) is 17.1 Å². The van der Waals surface area contributed by atoms with Crippen LogP contribution in [0.5, 0.6) is 5.75 Å². The largest absolute Gasteiger partial charge is 0.495 e. The topological polar surface area (TPSA) is 70.7 Å². The van der Waals surface area contributed by atoms with Gasteiger partial charge in [0.15, 0.2) is 0 Å². The van der Waals surface area contributed by atoms with Gasteiger partial charge in [0, 0.05) is 24.3 Å². The van der Waals surface area contributed by atoms with Gasteiger partial charge in [0.2, 0.25) is 5.91 Å². The summed E-state index contributed by atoms with van der Waals surface area (Å²) in [6.45, 7) is 2.69. The Bertz CT molecular complexity index is 1110. The molecule has 0 radical (unpaired) electrons. The standard InChI is InChI=1S/C26H27N3O3/c1-18-13-14-23(32-2)22(16-18)28-26(31)25(19-8-4-3-5-9-19)27-20-10-6-11-21(17-20)29-15-7-12-24(29)30/h3-6,8-11,13-14,16-17,25,27H,7,12,15H2,1-2H3,(H,28,31). The number of carbonyl (C=O) groups excluding carboxylic acids is 2. The Morgan fingerprint density at radius 2 is 1.84 bits per heavy atom. The lowest BCUT2D eigenvalue weighted by Gasteiger charge is -2.22. The number of benzene rings is 3. The van der Waals surface area contributed by atoms with Gasteiger partial charge >= 0.3 is 0 Å². The molecule has 0 spiro atoms. The normalized spacial score (nSPS) is 14.2. The number of hydrogen-bond acceptors (Lipinski definition) is 4. The SMILES string of the molecule is COc1ccc(C)cc1NC(=O)C(Nc1cccc(N2CCCC2=O)c1)c1ccccc1. The molecule has 32 heavy (non-hydrogen) atoms. The lowest BCUT2D eigenvalue weighted by atomic mass is 10.0. The van der Waals surface area contributed by atoms with Crippen LogP contribution >= 0.6 is 0 Å². The van der Waals surface area contributed by atoms with Gasteiger partial charge in [-0.25, -0.2) is 0 Å². The Hall–Kier alpha value is -3.80. The number of methoxy groups -OCH3 is 1. The zero-order valence-electron chi connectivity index (χ0n) is 18.3. The quantitative estimate of drug-likeness (QED) is 0.559. The number of anilines is 3. The van der Waals surface area contributed by atoms with Gasteiger partial charge in [0.05, 0.1) is 12.8 Å². The number of rotatable bonds is 7. The minimum absolute atomic E-state index is 0.131. The van der Waals surface area contributed by atoms with Gasteiger partial charge in [-0.2, -0.15) is 0 Å². The van der Waals surface area contributed by atoms with Gasteiger partial charge in [-0.05, 0) is 54.8 Å². The Labute approximate surface area is 188 Å². The number of carbonyl (C=O) groups is 2. The Morgan fingerprint density at radius 1 is 1.03 bits per heavy atom. The fourth-order valence-corrected chi connectivity index (χ4v) is 3.92. The number of amides is 2. The molecule has 1 aliphatic heterocycles. The van der Waals surface area contributed by atoms with E-state index in [0.717, 1.165) is 35.5 Å². The maximum absolute atomic E-state index is 13.4. The lowest BCUT2D eigenvalue weighted by molar-refractivity contribution is -0.117. The first-order chi connectivity index (χ1) is 15.5. The molecule has 0 aliphatic carbocycles. The van der Waals surface area contributed by atoms with Crippen molar-refractivity contribution in [1.82, 2.24) is 0 Å². The summed E-state index contributed by atoms with van der Waals surface area (Å²) >= 11 is 0. The highest BCUT2D eigenvalue weighted by Crippen LogP contribution is 2.30. The molecule has 3 aromatic carbocycles. The Kier molecular flexibility index (Phi) is 6.40. The van der Waals surface area contributed by atoms with Crippen LogP contribution in [0.2, 0.25) is 0 Å². The van der Waals surface area contributed by atoms with Gasteiger partial charge in [-0.1, -0.05) is 42.5 Å². The second kappa shape index (κ2) is 9.56. The van der Waals surface area contributed by atoms with E-state index >= 15 is 0 Å². The summed E-state index contributed by atoms with van der Waals surface area (Å²) in [6.07, 6.45) is 1.44. The van der Waals surface area contributed by atoms with Gasteiger partial charge in [0.25, 0.3) is 5.91 Å². The summed E-state index contributed by atoms with van der Waals surface area (Å²) < 4.78 is 5.42. The summed E-state index contributed by atoms with van der Waals surface area (Å²) in [4.78, 5) is 27.3. The molecule has 1 aliphatic rings. The third-order valence-corrected chi connectivity index (χ3v) is 5.55. The van der Waals surface area contributed by atoms with E-state index in [4.69, 9.17) is 4.74 Å². The second-order valence-electron chi connectivity index (χ2n) is 7.88. The molecule has 6 heteroatoms. The molecule has 164 valence electrons. The summed E-state index contributed by atoms with van der Waals surface area (Å²) in [5, 5.41) is 6.36. The van der Waals surface area contributed by atoms with Crippen LogP contribution in [0.15, 0.2) is 72.8 Å². The second-order valence-corrected chi connectivity index (χ2v) is 7.88. The molecular formula is C26H27N3O3. The zero-order valence-corrected chi connectivity index (χ0v) is 18.3. The maximum Gasteiger partial charge on any atom is 0.251 e. The highest BCUT2D eigenvalue weighted by atomic mass is 16.5. The van der Waals surface area contributed by atoms with Crippen molar-refractivity contribution in [1.29, 1.82) is 0 Å². The highest BCUT2D eigenvalue weighted by Gasteiger charge is 2.24. The van der Waals surface area contributed by atoms with Gasteiger partial charge in [-0.15, -0.1) is 0 Å². The van der Waals surface area contributed by atoms with Gasteiger partial charge in [0.1, 0.15) is 11.8 Å². The monoisotopic (exact) mass is 429 g/mol. The maximum atomic E-state index is 13.4.